The normalized spacial score (nSPS) is 11.4. The highest BCUT2D eigenvalue weighted by Crippen LogP contribution is 2.36. The van der Waals surface area contributed by atoms with Crippen LogP contribution in [0.15, 0.2) is 24.3 Å². The van der Waals surface area contributed by atoms with Gasteiger partial charge in [-0.05, 0) is 31.2 Å². The smallest absolute Gasteiger partial charge is 0.296 e. The van der Waals surface area contributed by atoms with Gasteiger partial charge in [-0.25, -0.2) is 14.4 Å². The third-order valence-electron chi connectivity index (χ3n) is 2.52. The number of hydrogen-bond acceptors (Lipinski definition) is 3. The highest BCUT2D eigenvalue weighted by Gasteiger charge is 2.35. The van der Waals surface area contributed by atoms with Crippen molar-refractivity contribution in [3.63, 3.8) is 0 Å². The zero-order valence-corrected chi connectivity index (χ0v) is 10.2. The molecule has 0 N–H and O–H groups in total. The van der Waals surface area contributed by atoms with Crippen LogP contribution >= 0.6 is 0 Å². The zero-order valence-electron chi connectivity index (χ0n) is 10.2. The summed E-state index contributed by atoms with van der Waals surface area (Å²) in [6.07, 6.45) is -4.33. The van der Waals surface area contributed by atoms with Gasteiger partial charge in [0.05, 0.1) is 5.56 Å². The second kappa shape index (κ2) is 4.99. The molecule has 20 heavy (non-hydrogen) atoms. The lowest BCUT2D eigenvalue weighted by molar-refractivity contribution is -0.137. The second-order valence-corrected chi connectivity index (χ2v) is 4.06. The summed E-state index contributed by atoms with van der Waals surface area (Å²) in [5, 5.41) is 0. The lowest BCUT2D eigenvalue weighted by Gasteiger charge is -2.12. The summed E-state index contributed by atoms with van der Waals surface area (Å²) >= 11 is 0. The molecule has 0 unspecified atom stereocenters. The van der Waals surface area contributed by atoms with Crippen molar-refractivity contribution in [3.05, 3.63) is 47.0 Å². The van der Waals surface area contributed by atoms with Crippen molar-refractivity contribution < 1.29 is 22.4 Å². The topological polar surface area (TPSA) is 42.9 Å². The van der Waals surface area contributed by atoms with E-state index in [2.05, 4.69) is 9.97 Å². The van der Waals surface area contributed by atoms with Gasteiger partial charge in [-0.1, -0.05) is 0 Å². The molecule has 2 rings (SSSR count). The van der Waals surface area contributed by atoms with Gasteiger partial charge in [0.1, 0.15) is 11.5 Å². The first-order valence-corrected chi connectivity index (χ1v) is 5.49. The van der Waals surface area contributed by atoms with Crippen molar-refractivity contribution in [2.45, 2.75) is 13.1 Å². The van der Waals surface area contributed by atoms with Gasteiger partial charge in [0, 0.05) is 11.3 Å². The summed E-state index contributed by atoms with van der Waals surface area (Å²) in [6.45, 7) is 1.52. The van der Waals surface area contributed by atoms with Gasteiger partial charge >= 0.3 is 6.18 Å². The van der Waals surface area contributed by atoms with Crippen molar-refractivity contribution in [1.29, 1.82) is 0 Å². The predicted octanol–water partition coefficient (Wildman–Crippen LogP) is 3.42. The standard InChI is InChI=1S/C13H8F4N2O/c1-7-4-9(6-20)19-12(18-7)10-3-2-8(14)5-11(10)13(15,16)17/h2-6H,1H3. The molecule has 0 amide bonds. The van der Waals surface area contributed by atoms with Crippen molar-refractivity contribution in [3.8, 4) is 11.4 Å². The Kier molecular flexibility index (Phi) is 3.52. The van der Waals surface area contributed by atoms with E-state index in [1.807, 2.05) is 0 Å². The largest absolute Gasteiger partial charge is 0.417 e. The van der Waals surface area contributed by atoms with E-state index in [1.165, 1.54) is 13.0 Å². The molecule has 0 saturated heterocycles. The zero-order chi connectivity index (χ0) is 14.9. The first-order chi connectivity index (χ1) is 9.31. The molecule has 0 radical (unpaired) electrons. The average Bonchev–Trinajstić information content (AvgIpc) is 2.36. The molecule has 0 bridgehead atoms. The summed E-state index contributed by atoms with van der Waals surface area (Å²) in [7, 11) is 0. The molecule has 0 spiro atoms. The molecule has 2 aromatic rings. The first-order valence-electron chi connectivity index (χ1n) is 5.49. The van der Waals surface area contributed by atoms with E-state index < -0.39 is 17.6 Å². The van der Waals surface area contributed by atoms with Crippen molar-refractivity contribution in [1.82, 2.24) is 9.97 Å². The van der Waals surface area contributed by atoms with Crippen LogP contribution in [0.5, 0.6) is 0 Å². The number of rotatable bonds is 2. The predicted molar refractivity (Wildman–Crippen MR) is 62.6 cm³/mol. The molecule has 1 heterocycles. The number of aryl methyl sites for hydroxylation is 1. The number of aromatic nitrogens is 2. The van der Waals surface area contributed by atoms with Crippen LogP contribution < -0.4 is 0 Å². The number of halogens is 4. The Morgan fingerprint density at radius 3 is 2.45 bits per heavy atom. The molecule has 0 aliphatic carbocycles. The molecular formula is C13H8F4N2O. The highest BCUT2D eigenvalue weighted by atomic mass is 19.4. The van der Waals surface area contributed by atoms with Crippen LogP contribution in [0.1, 0.15) is 21.7 Å². The van der Waals surface area contributed by atoms with E-state index in [9.17, 15) is 22.4 Å². The monoisotopic (exact) mass is 284 g/mol. The third kappa shape index (κ3) is 2.81. The van der Waals surface area contributed by atoms with E-state index in [0.717, 1.165) is 12.1 Å². The van der Waals surface area contributed by atoms with Gasteiger partial charge in [-0.3, -0.25) is 4.79 Å². The fourth-order valence-electron chi connectivity index (χ4n) is 1.72. The van der Waals surface area contributed by atoms with Crippen molar-refractivity contribution in [2.75, 3.05) is 0 Å². The van der Waals surface area contributed by atoms with E-state index in [4.69, 9.17) is 0 Å². The van der Waals surface area contributed by atoms with Crippen LogP contribution in [-0.4, -0.2) is 16.3 Å². The quantitative estimate of drug-likeness (QED) is 0.627. The summed E-state index contributed by atoms with van der Waals surface area (Å²) in [5.74, 6) is -1.27. The molecule has 1 aromatic carbocycles. The molecule has 0 atom stereocenters. The number of hydrogen-bond donors (Lipinski definition) is 0. The van der Waals surface area contributed by atoms with Gasteiger partial charge in [-0.2, -0.15) is 13.2 Å². The molecule has 7 heteroatoms. The number of benzene rings is 1. The second-order valence-electron chi connectivity index (χ2n) is 4.06. The maximum absolute atomic E-state index is 13.0. The maximum Gasteiger partial charge on any atom is 0.417 e. The van der Waals surface area contributed by atoms with Gasteiger partial charge in [0.15, 0.2) is 12.1 Å². The average molecular weight is 284 g/mol. The van der Waals surface area contributed by atoms with Crippen molar-refractivity contribution >= 4 is 6.29 Å². The molecule has 0 saturated carbocycles. The first kappa shape index (κ1) is 14.1. The highest BCUT2D eigenvalue weighted by molar-refractivity contribution is 5.73. The summed E-state index contributed by atoms with van der Waals surface area (Å²) in [4.78, 5) is 18.3. The van der Waals surface area contributed by atoms with E-state index in [0.29, 0.717) is 18.0 Å². The van der Waals surface area contributed by atoms with Crippen LogP contribution in [0, 0.1) is 12.7 Å². The van der Waals surface area contributed by atoms with Crippen LogP contribution in [0.25, 0.3) is 11.4 Å². The van der Waals surface area contributed by atoms with Gasteiger partial charge < -0.3 is 0 Å². The molecule has 3 nitrogen and oxygen atoms in total. The minimum Gasteiger partial charge on any atom is -0.296 e. The van der Waals surface area contributed by atoms with E-state index >= 15 is 0 Å². The third-order valence-corrected chi connectivity index (χ3v) is 2.52. The molecular weight excluding hydrogens is 276 g/mol. The lowest BCUT2D eigenvalue weighted by atomic mass is 10.1. The Hall–Kier alpha value is -2.31. The van der Waals surface area contributed by atoms with Crippen LogP contribution in [0.3, 0.4) is 0 Å². The Morgan fingerprint density at radius 2 is 1.85 bits per heavy atom. The SMILES string of the molecule is Cc1cc(C=O)nc(-c2ccc(F)cc2C(F)(F)F)n1. The van der Waals surface area contributed by atoms with Crippen LogP contribution in [-0.2, 0) is 6.18 Å². The number of carbonyl (C=O) groups is 1. The summed E-state index contributed by atoms with van der Waals surface area (Å²) in [5.41, 5.74) is -1.25. The van der Waals surface area contributed by atoms with E-state index in [-0.39, 0.29) is 17.1 Å². The van der Waals surface area contributed by atoms with Gasteiger partial charge in [0.25, 0.3) is 0 Å². The summed E-state index contributed by atoms with van der Waals surface area (Å²) < 4.78 is 51.7. The number of alkyl halides is 3. The Morgan fingerprint density at radius 1 is 1.15 bits per heavy atom. The minimum absolute atomic E-state index is 0.0371. The fourth-order valence-corrected chi connectivity index (χ4v) is 1.72. The molecule has 1 aromatic heterocycles. The van der Waals surface area contributed by atoms with Crippen LogP contribution in [0.4, 0.5) is 17.6 Å². The molecule has 0 aliphatic heterocycles. The summed E-state index contributed by atoms with van der Waals surface area (Å²) in [6, 6.07) is 3.55. The number of carbonyl (C=O) groups excluding carboxylic acids is 1. The molecule has 104 valence electrons. The lowest BCUT2D eigenvalue weighted by Crippen LogP contribution is -2.09. The van der Waals surface area contributed by atoms with Crippen LogP contribution in [0.2, 0.25) is 0 Å². The van der Waals surface area contributed by atoms with Crippen molar-refractivity contribution in [2.24, 2.45) is 0 Å². The van der Waals surface area contributed by atoms with Gasteiger partial charge in [0.2, 0.25) is 0 Å². The maximum atomic E-state index is 13.0. The minimum atomic E-state index is -4.74. The Labute approximate surface area is 111 Å². The molecule has 0 fully saturated rings. The fraction of sp³-hybridized carbons (Fsp3) is 0.154. The van der Waals surface area contributed by atoms with E-state index in [1.54, 1.807) is 0 Å². The number of aldehydes is 1. The number of nitrogens with zero attached hydrogens (tertiary/aromatic N) is 2. The Bertz CT molecular complexity index is 668. The Balaban J connectivity index is 2.69. The molecule has 0 aliphatic rings. The van der Waals surface area contributed by atoms with Gasteiger partial charge in [-0.15, -0.1) is 0 Å².